The summed E-state index contributed by atoms with van der Waals surface area (Å²) in [6.45, 7) is 1.54. The Hall–Kier alpha value is -3.49. The molecule has 8 heteroatoms. The Balaban J connectivity index is 1.60. The maximum absolute atomic E-state index is 13.6. The van der Waals surface area contributed by atoms with Gasteiger partial charge in [-0.25, -0.2) is 9.78 Å². The van der Waals surface area contributed by atoms with Crippen LogP contribution in [0.25, 0.3) is 16.5 Å². The first-order chi connectivity index (χ1) is 17.1. The number of carbonyl (C=O) groups is 2. The van der Waals surface area contributed by atoms with Crippen molar-refractivity contribution in [1.82, 2.24) is 4.98 Å². The van der Waals surface area contributed by atoms with Crippen molar-refractivity contribution in [3.05, 3.63) is 71.4 Å². The van der Waals surface area contributed by atoms with E-state index in [1.807, 2.05) is 54.7 Å². The number of benzene rings is 2. The Bertz CT molecular complexity index is 1180. The first kappa shape index (κ1) is 24.6. The predicted molar refractivity (Wildman–Crippen MR) is 136 cm³/mol. The number of rotatable bonds is 8. The monoisotopic (exact) mass is 492 g/mol. The molecule has 0 spiro atoms. The third-order valence-electron chi connectivity index (χ3n) is 5.85. The highest BCUT2D eigenvalue weighted by molar-refractivity contribution is 7.15. The van der Waals surface area contributed by atoms with Crippen LogP contribution in [0.1, 0.15) is 23.4 Å². The van der Waals surface area contributed by atoms with Crippen LogP contribution in [0.15, 0.2) is 60.8 Å². The third kappa shape index (κ3) is 6.35. The minimum absolute atomic E-state index is 0.0589. The van der Waals surface area contributed by atoms with E-state index >= 15 is 0 Å². The lowest BCUT2D eigenvalue weighted by molar-refractivity contribution is -0.134. The minimum atomic E-state index is -0.431. The van der Waals surface area contributed by atoms with Gasteiger partial charge in [-0.05, 0) is 66.4 Å². The van der Waals surface area contributed by atoms with Crippen LogP contribution in [0.5, 0.6) is 5.75 Å². The van der Waals surface area contributed by atoms with Gasteiger partial charge in [0.05, 0.1) is 25.6 Å². The number of thiazole rings is 1. The minimum Gasteiger partial charge on any atom is -0.497 e. The van der Waals surface area contributed by atoms with Crippen LogP contribution >= 0.6 is 11.3 Å². The van der Waals surface area contributed by atoms with Gasteiger partial charge in [0.25, 0.3) is 0 Å². The highest BCUT2D eigenvalue weighted by Gasteiger charge is 2.28. The van der Waals surface area contributed by atoms with Crippen molar-refractivity contribution < 1.29 is 23.8 Å². The largest absolute Gasteiger partial charge is 0.497 e. The van der Waals surface area contributed by atoms with Crippen molar-refractivity contribution in [3.63, 3.8) is 0 Å². The molecule has 0 radical (unpaired) electrons. The smallest absolute Gasteiger partial charge is 0.330 e. The summed E-state index contributed by atoms with van der Waals surface area (Å²) in [5, 5.41) is 0.840. The molecule has 7 nitrogen and oxygen atoms in total. The molecule has 182 valence electrons. The van der Waals surface area contributed by atoms with E-state index in [-0.39, 0.29) is 11.8 Å². The first-order valence-electron chi connectivity index (χ1n) is 11.4. The summed E-state index contributed by atoms with van der Waals surface area (Å²) in [6, 6.07) is 15.4. The molecule has 3 aromatic rings. The van der Waals surface area contributed by atoms with Crippen molar-refractivity contribution >= 4 is 35.0 Å². The molecule has 0 N–H and O–H groups in total. The summed E-state index contributed by atoms with van der Waals surface area (Å²) < 4.78 is 15.4. The normalized spacial score (nSPS) is 14.1. The summed E-state index contributed by atoms with van der Waals surface area (Å²) in [4.78, 5) is 32.6. The number of nitrogens with zero attached hydrogens (tertiary/aromatic N) is 2. The lowest BCUT2D eigenvalue weighted by Crippen LogP contribution is -2.38. The van der Waals surface area contributed by atoms with Gasteiger partial charge in [0, 0.05) is 37.1 Å². The molecule has 1 aliphatic heterocycles. The molecule has 0 unspecified atom stereocenters. The van der Waals surface area contributed by atoms with Crippen LogP contribution in [0.2, 0.25) is 0 Å². The molecule has 1 amide bonds. The lowest BCUT2D eigenvalue weighted by Gasteiger charge is -2.29. The Labute approximate surface area is 209 Å². The number of amides is 1. The van der Waals surface area contributed by atoms with Crippen molar-refractivity contribution in [1.29, 1.82) is 0 Å². The number of aromatic nitrogens is 1. The number of ether oxygens (including phenoxy) is 3. The van der Waals surface area contributed by atoms with Gasteiger partial charge in [-0.2, -0.15) is 0 Å². The van der Waals surface area contributed by atoms with Crippen LogP contribution in [0, 0.1) is 5.92 Å². The highest BCUT2D eigenvalue weighted by Crippen LogP contribution is 2.31. The second-order valence-corrected chi connectivity index (χ2v) is 9.22. The van der Waals surface area contributed by atoms with Gasteiger partial charge in [0.1, 0.15) is 10.8 Å². The zero-order valence-electron chi connectivity index (χ0n) is 19.8. The molecule has 0 aliphatic carbocycles. The quantitative estimate of drug-likeness (QED) is 0.327. The summed E-state index contributed by atoms with van der Waals surface area (Å²) in [7, 11) is 2.98. The van der Waals surface area contributed by atoms with E-state index in [0.29, 0.717) is 32.6 Å². The Morgan fingerprint density at radius 1 is 1.14 bits per heavy atom. The maximum Gasteiger partial charge on any atom is 0.330 e. The van der Waals surface area contributed by atoms with E-state index in [9.17, 15) is 9.59 Å². The van der Waals surface area contributed by atoms with Crippen LogP contribution in [0.3, 0.4) is 0 Å². The fourth-order valence-electron chi connectivity index (χ4n) is 3.90. The maximum atomic E-state index is 13.6. The summed E-state index contributed by atoms with van der Waals surface area (Å²) in [5.74, 6) is 0.329. The van der Waals surface area contributed by atoms with Gasteiger partial charge in [-0.1, -0.05) is 12.1 Å². The van der Waals surface area contributed by atoms with E-state index in [0.717, 1.165) is 32.4 Å². The average molecular weight is 493 g/mol. The molecular formula is C27H28N2O5S. The molecule has 1 aliphatic rings. The van der Waals surface area contributed by atoms with E-state index in [4.69, 9.17) is 9.47 Å². The molecular weight excluding hydrogens is 464 g/mol. The van der Waals surface area contributed by atoms with E-state index in [1.165, 1.54) is 13.2 Å². The highest BCUT2D eigenvalue weighted by atomic mass is 32.1. The van der Waals surface area contributed by atoms with Gasteiger partial charge in [0.2, 0.25) is 5.91 Å². The van der Waals surface area contributed by atoms with E-state index in [2.05, 4.69) is 9.72 Å². The second kappa shape index (κ2) is 11.8. The van der Waals surface area contributed by atoms with Gasteiger partial charge in [-0.3, -0.25) is 4.79 Å². The average Bonchev–Trinajstić information content (AvgIpc) is 3.39. The van der Waals surface area contributed by atoms with Crippen LogP contribution < -0.4 is 9.64 Å². The van der Waals surface area contributed by atoms with E-state index < -0.39 is 5.97 Å². The molecule has 1 saturated heterocycles. The predicted octanol–water partition coefficient (Wildman–Crippen LogP) is 4.96. The third-order valence-corrected chi connectivity index (χ3v) is 6.88. The summed E-state index contributed by atoms with van der Waals surface area (Å²) in [6.07, 6.45) is 6.29. The second-order valence-electron chi connectivity index (χ2n) is 8.11. The number of esters is 1. The molecule has 1 aromatic heterocycles. The SMILES string of the molecule is COC(=O)/C=C/c1cccc(N(Cc2ncc(-c3ccc(OC)cc3)s2)C(=O)C2CCOCC2)c1. The first-order valence-corrected chi connectivity index (χ1v) is 12.2. The van der Waals surface area contributed by atoms with Gasteiger partial charge in [0.15, 0.2) is 0 Å². The van der Waals surface area contributed by atoms with Gasteiger partial charge >= 0.3 is 5.97 Å². The van der Waals surface area contributed by atoms with Crippen molar-refractivity contribution in [2.24, 2.45) is 5.92 Å². The van der Waals surface area contributed by atoms with Crippen molar-refractivity contribution in [3.8, 4) is 16.2 Å². The number of anilines is 1. The molecule has 0 saturated carbocycles. The number of hydrogen-bond donors (Lipinski definition) is 0. The summed E-state index contributed by atoms with van der Waals surface area (Å²) >= 11 is 1.56. The Morgan fingerprint density at radius 3 is 2.63 bits per heavy atom. The fourth-order valence-corrected chi connectivity index (χ4v) is 4.81. The van der Waals surface area contributed by atoms with Gasteiger partial charge < -0.3 is 19.1 Å². The number of methoxy groups -OCH3 is 2. The molecule has 1 fully saturated rings. The zero-order valence-corrected chi connectivity index (χ0v) is 20.6. The molecule has 4 rings (SSSR count). The zero-order chi connectivity index (χ0) is 24.6. The topological polar surface area (TPSA) is 78.0 Å². The van der Waals surface area contributed by atoms with Crippen molar-refractivity contribution in [2.45, 2.75) is 19.4 Å². The van der Waals surface area contributed by atoms with E-state index in [1.54, 1.807) is 29.4 Å². The molecule has 2 heterocycles. The Kier molecular flexibility index (Phi) is 8.28. The fraction of sp³-hybridized carbons (Fsp3) is 0.296. The summed E-state index contributed by atoms with van der Waals surface area (Å²) in [5.41, 5.74) is 2.61. The number of hydrogen-bond acceptors (Lipinski definition) is 7. The molecule has 2 aromatic carbocycles. The van der Waals surface area contributed by atoms with Crippen LogP contribution in [0.4, 0.5) is 5.69 Å². The Morgan fingerprint density at radius 2 is 1.91 bits per heavy atom. The van der Waals surface area contributed by atoms with Crippen LogP contribution in [-0.2, 0) is 25.6 Å². The molecule has 0 atom stereocenters. The number of carbonyl (C=O) groups excluding carboxylic acids is 2. The lowest BCUT2D eigenvalue weighted by atomic mass is 9.98. The van der Waals surface area contributed by atoms with Crippen molar-refractivity contribution in [2.75, 3.05) is 32.3 Å². The molecule has 0 bridgehead atoms. The van der Waals surface area contributed by atoms with Crippen LogP contribution in [-0.4, -0.2) is 44.3 Å². The van der Waals surface area contributed by atoms with Gasteiger partial charge in [-0.15, -0.1) is 11.3 Å². The standard InChI is InChI=1S/C27H28N2O5S/c1-32-23-9-7-20(8-10-23)24-17-28-25(35-24)18-29(27(31)21-12-14-34-15-13-21)22-5-3-4-19(16-22)6-11-26(30)33-2/h3-11,16-17,21H,12-15,18H2,1-2H3/b11-6+. The molecule has 35 heavy (non-hydrogen) atoms.